The molecule has 0 spiro atoms. The molecule has 0 fully saturated rings. The first-order valence-corrected chi connectivity index (χ1v) is 6.61. The fourth-order valence-corrected chi connectivity index (χ4v) is 2.73. The Bertz CT molecular complexity index is 365. The number of hydrogen-bond acceptors (Lipinski definition) is 1. The lowest BCUT2D eigenvalue weighted by atomic mass is 9.87. The molecular formula is C13H17IO. The lowest BCUT2D eigenvalue weighted by Gasteiger charge is -2.18. The van der Waals surface area contributed by atoms with Gasteiger partial charge in [-0.25, -0.2) is 0 Å². The fraction of sp³-hybridized carbons (Fsp3) is 0.538. The molecule has 0 radical (unpaired) electrons. The van der Waals surface area contributed by atoms with Crippen LogP contribution < -0.4 is 4.74 Å². The number of alkyl halides is 1. The second-order valence-electron chi connectivity index (χ2n) is 5.41. The van der Waals surface area contributed by atoms with Gasteiger partial charge in [0.2, 0.25) is 0 Å². The zero-order valence-electron chi connectivity index (χ0n) is 9.51. The third-order valence-corrected chi connectivity index (χ3v) is 3.19. The van der Waals surface area contributed by atoms with Crippen LogP contribution in [0.1, 0.15) is 31.9 Å². The van der Waals surface area contributed by atoms with Gasteiger partial charge in [0.1, 0.15) is 5.75 Å². The molecule has 1 aliphatic heterocycles. The van der Waals surface area contributed by atoms with Crippen molar-refractivity contribution in [1.29, 1.82) is 0 Å². The van der Waals surface area contributed by atoms with Gasteiger partial charge in [0.05, 0.1) is 0 Å². The van der Waals surface area contributed by atoms with E-state index in [1.165, 1.54) is 11.1 Å². The van der Waals surface area contributed by atoms with E-state index in [1.807, 2.05) is 0 Å². The maximum atomic E-state index is 5.68. The second kappa shape index (κ2) is 3.96. The lowest BCUT2D eigenvalue weighted by molar-refractivity contribution is 0.338. The fourth-order valence-electron chi connectivity index (χ4n) is 1.98. The Labute approximate surface area is 105 Å². The molecule has 0 amide bonds. The summed E-state index contributed by atoms with van der Waals surface area (Å²) in [7, 11) is 0. The molecule has 82 valence electrons. The summed E-state index contributed by atoms with van der Waals surface area (Å²) in [6.07, 6.45) is 2.18. The van der Waals surface area contributed by atoms with Crippen molar-refractivity contribution >= 4 is 22.6 Å². The molecule has 1 aliphatic rings. The van der Waals surface area contributed by atoms with E-state index in [0.717, 1.165) is 18.6 Å². The highest BCUT2D eigenvalue weighted by Gasteiger charge is 2.21. The van der Waals surface area contributed by atoms with Crippen LogP contribution in [0.4, 0.5) is 0 Å². The molecule has 1 aromatic rings. The third kappa shape index (κ3) is 2.86. The second-order valence-corrected chi connectivity index (χ2v) is 6.80. The van der Waals surface area contributed by atoms with Gasteiger partial charge in [0, 0.05) is 6.42 Å². The summed E-state index contributed by atoms with van der Waals surface area (Å²) in [5.74, 6) is 1.08. The van der Waals surface area contributed by atoms with Crippen LogP contribution in [0.2, 0.25) is 0 Å². The first kappa shape index (κ1) is 11.2. The number of rotatable bonds is 1. The third-order valence-electron chi connectivity index (χ3n) is 2.49. The molecule has 0 bridgehead atoms. The summed E-state index contributed by atoms with van der Waals surface area (Å²) in [4.78, 5) is 0. The Hall–Kier alpha value is -0.250. The minimum absolute atomic E-state index is 0.322. The van der Waals surface area contributed by atoms with E-state index in [9.17, 15) is 0 Å². The van der Waals surface area contributed by atoms with Gasteiger partial charge in [-0.2, -0.15) is 0 Å². The number of halogens is 1. The molecule has 2 heteroatoms. The summed E-state index contributed by atoms with van der Waals surface area (Å²) in [6, 6.07) is 6.62. The van der Waals surface area contributed by atoms with Crippen molar-refractivity contribution in [3.05, 3.63) is 29.3 Å². The summed E-state index contributed by atoms with van der Waals surface area (Å²) in [5.41, 5.74) is 3.16. The summed E-state index contributed by atoms with van der Waals surface area (Å²) in [5, 5.41) is 0. The summed E-state index contributed by atoms with van der Waals surface area (Å²) < 4.78 is 6.00. The minimum atomic E-state index is 0.322. The van der Waals surface area contributed by atoms with Crippen molar-refractivity contribution in [2.24, 2.45) is 5.41 Å². The van der Waals surface area contributed by atoms with E-state index in [-0.39, 0.29) is 0 Å². The zero-order valence-corrected chi connectivity index (χ0v) is 11.7. The quantitative estimate of drug-likeness (QED) is 0.563. The van der Waals surface area contributed by atoms with E-state index in [0.29, 0.717) is 9.53 Å². The molecule has 1 heterocycles. The van der Waals surface area contributed by atoms with Crippen LogP contribution in [-0.2, 0) is 12.8 Å². The van der Waals surface area contributed by atoms with E-state index >= 15 is 0 Å². The Balaban J connectivity index is 2.20. The zero-order chi connectivity index (χ0) is 11.1. The van der Waals surface area contributed by atoms with Gasteiger partial charge in [0.25, 0.3) is 0 Å². The van der Waals surface area contributed by atoms with Crippen LogP contribution in [0.3, 0.4) is 0 Å². The molecule has 2 rings (SSSR count). The van der Waals surface area contributed by atoms with Crippen LogP contribution >= 0.6 is 22.6 Å². The van der Waals surface area contributed by atoms with Gasteiger partial charge in [0.15, 0.2) is 4.11 Å². The van der Waals surface area contributed by atoms with Gasteiger partial charge in [-0.3, -0.25) is 0 Å². The van der Waals surface area contributed by atoms with Crippen molar-refractivity contribution in [2.75, 3.05) is 0 Å². The Morgan fingerprint density at radius 2 is 2.13 bits per heavy atom. The highest BCUT2D eigenvalue weighted by atomic mass is 127. The van der Waals surface area contributed by atoms with E-state index in [2.05, 4.69) is 61.6 Å². The molecular weight excluding hydrogens is 299 g/mol. The normalized spacial score (nSPS) is 19.9. The van der Waals surface area contributed by atoms with Crippen LogP contribution in [-0.4, -0.2) is 4.11 Å². The van der Waals surface area contributed by atoms with Crippen LogP contribution in [0, 0.1) is 5.41 Å². The van der Waals surface area contributed by atoms with Gasteiger partial charge >= 0.3 is 0 Å². The molecule has 0 saturated carbocycles. The van der Waals surface area contributed by atoms with Gasteiger partial charge in [-0.15, -0.1) is 0 Å². The van der Waals surface area contributed by atoms with Crippen molar-refractivity contribution in [3.8, 4) is 5.75 Å². The lowest BCUT2D eigenvalue weighted by Crippen LogP contribution is -2.09. The largest absolute Gasteiger partial charge is 0.480 e. The maximum absolute atomic E-state index is 5.68. The number of fused-ring (bicyclic) bond motifs is 1. The van der Waals surface area contributed by atoms with Crippen molar-refractivity contribution in [3.63, 3.8) is 0 Å². The Morgan fingerprint density at radius 1 is 1.40 bits per heavy atom. The maximum Gasteiger partial charge on any atom is 0.153 e. The van der Waals surface area contributed by atoms with Crippen LogP contribution in [0.5, 0.6) is 5.75 Å². The van der Waals surface area contributed by atoms with E-state index < -0.39 is 0 Å². The minimum Gasteiger partial charge on any atom is -0.480 e. The molecule has 0 aliphatic carbocycles. The van der Waals surface area contributed by atoms with Crippen LogP contribution in [0.15, 0.2) is 18.2 Å². The van der Waals surface area contributed by atoms with Crippen molar-refractivity contribution in [2.45, 2.75) is 37.7 Å². The van der Waals surface area contributed by atoms with Crippen LogP contribution in [0.25, 0.3) is 0 Å². The standard InChI is InChI=1S/C13H17IO/c1-13(2,3)8-9-4-5-11-10(6-9)7-12(14)15-11/h4-6,12H,7-8H2,1-3H3/t12-/m0/s1. The number of benzene rings is 1. The van der Waals surface area contributed by atoms with E-state index in [4.69, 9.17) is 4.74 Å². The molecule has 1 atom stereocenters. The molecule has 15 heavy (non-hydrogen) atoms. The SMILES string of the molecule is CC(C)(C)Cc1ccc2c(c1)C[C@@H](I)O2. The van der Waals surface area contributed by atoms with Gasteiger partial charge in [-0.1, -0.05) is 32.9 Å². The predicted molar refractivity (Wildman–Crippen MR) is 71.7 cm³/mol. The predicted octanol–water partition coefficient (Wildman–Crippen LogP) is 3.97. The van der Waals surface area contributed by atoms with E-state index in [1.54, 1.807) is 0 Å². The average molecular weight is 316 g/mol. The summed E-state index contributed by atoms with van der Waals surface area (Å²) in [6.45, 7) is 6.83. The highest BCUT2D eigenvalue weighted by molar-refractivity contribution is 14.1. The Morgan fingerprint density at radius 3 is 2.80 bits per heavy atom. The number of hydrogen-bond donors (Lipinski definition) is 0. The molecule has 0 saturated heterocycles. The number of ether oxygens (including phenoxy) is 1. The van der Waals surface area contributed by atoms with Gasteiger partial charge in [-0.05, 0) is 51.6 Å². The Kier molecular flexibility index (Phi) is 2.97. The van der Waals surface area contributed by atoms with Crippen molar-refractivity contribution in [1.82, 2.24) is 0 Å². The van der Waals surface area contributed by atoms with Crippen molar-refractivity contribution < 1.29 is 4.74 Å². The summed E-state index contributed by atoms with van der Waals surface area (Å²) >= 11 is 2.35. The smallest absolute Gasteiger partial charge is 0.153 e. The molecule has 1 aromatic carbocycles. The van der Waals surface area contributed by atoms with Gasteiger partial charge < -0.3 is 4.74 Å². The first-order chi connectivity index (χ1) is 6.94. The molecule has 0 N–H and O–H groups in total. The monoisotopic (exact) mass is 316 g/mol. The first-order valence-electron chi connectivity index (χ1n) is 5.36. The molecule has 0 aromatic heterocycles. The average Bonchev–Trinajstić information content (AvgIpc) is 2.40. The topological polar surface area (TPSA) is 9.23 Å². The molecule has 1 nitrogen and oxygen atoms in total. The molecule has 0 unspecified atom stereocenters. The highest BCUT2D eigenvalue weighted by Crippen LogP contribution is 2.33.